The van der Waals surface area contributed by atoms with Crippen LogP contribution in [0.1, 0.15) is 47.5 Å². The maximum absolute atomic E-state index is 10.8. The van der Waals surface area contributed by atoms with Crippen LogP contribution in [-0.2, 0) is 0 Å². The molecule has 0 aromatic carbocycles. The number of nitrogens with zero attached hydrogens (tertiary/aromatic N) is 2. The average molecular weight is 537 g/mol. The predicted octanol–water partition coefficient (Wildman–Crippen LogP) is 5.44. The van der Waals surface area contributed by atoms with Crippen molar-refractivity contribution in [1.82, 2.24) is 15.5 Å². The largest absolute Gasteiger partial charge is 0.391 e. The van der Waals surface area contributed by atoms with E-state index in [1.165, 1.54) is 0 Å². The molecule has 0 bridgehead atoms. The van der Waals surface area contributed by atoms with Crippen molar-refractivity contribution in [2.75, 3.05) is 27.7 Å². The number of nitrogens with one attached hydrogen (secondary N) is 2. The molecule has 0 spiro atoms. The van der Waals surface area contributed by atoms with Crippen LogP contribution in [0.2, 0.25) is 0 Å². The van der Waals surface area contributed by atoms with E-state index >= 15 is 0 Å². The number of rotatable bonds is 8. The van der Waals surface area contributed by atoms with Crippen molar-refractivity contribution < 1.29 is 18.3 Å². The van der Waals surface area contributed by atoms with Crippen LogP contribution in [-0.4, -0.2) is 73.3 Å². The standard InChI is InChI=1S/C27H44N4O.C2H2.CHF3/c1-10-22(19(2)28-7)20-13-14-23(25(32)16-20)24(29-8)12-11-15-31(9)21-17-26(3,4)30-27(5,6)18-21;1-2;2-1(3)4/h10-14,16,21,23,25,28,30,32H,1,15,17-18H2,2-9H3;1-2H;1H/b12-11-,22-19+,29-24?;;/t23-,25?;;/m0../s1. The molecule has 2 aliphatic rings. The number of hydrogen-bond acceptors (Lipinski definition) is 5. The summed E-state index contributed by atoms with van der Waals surface area (Å²) in [5, 5.41) is 17.7. The SMILES string of the molecule is C#C.C=C/C(C1=CC(O)[C@H](C(/C=C\CN(C)C2CC(C)(C)NC(C)(C)C2)=NC)C=C1)=C(/C)NC.FC(F)F. The molecule has 0 amide bonds. The van der Waals surface area contributed by atoms with Gasteiger partial charge in [-0.15, -0.1) is 12.8 Å². The van der Waals surface area contributed by atoms with E-state index in [0.29, 0.717) is 6.04 Å². The van der Waals surface area contributed by atoms with Crippen LogP contribution >= 0.6 is 0 Å². The van der Waals surface area contributed by atoms with E-state index in [-0.39, 0.29) is 17.0 Å². The lowest BCUT2D eigenvalue weighted by molar-refractivity contribution is 0.00818. The molecular weight excluding hydrogens is 489 g/mol. The minimum absolute atomic E-state index is 0.131. The first kappa shape index (κ1) is 35.4. The van der Waals surface area contributed by atoms with Gasteiger partial charge in [-0.3, -0.25) is 9.89 Å². The number of aliphatic hydroxyl groups is 1. The first-order valence-corrected chi connectivity index (χ1v) is 12.6. The number of terminal acetylenes is 1. The summed E-state index contributed by atoms with van der Waals surface area (Å²) in [6.45, 7) is 12.3. The monoisotopic (exact) mass is 536 g/mol. The highest BCUT2D eigenvalue weighted by Crippen LogP contribution is 2.31. The van der Waals surface area contributed by atoms with E-state index in [1.54, 1.807) is 7.05 Å². The van der Waals surface area contributed by atoms with Crippen LogP contribution in [0.5, 0.6) is 0 Å². The molecule has 0 aromatic heterocycles. The van der Waals surface area contributed by atoms with Crippen molar-refractivity contribution in [1.29, 1.82) is 0 Å². The zero-order valence-corrected chi connectivity index (χ0v) is 24.2. The maximum atomic E-state index is 10.8. The summed E-state index contributed by atoms with van der Waals surface area (Å²) in [7, 11) is 5.88. The van der Waals surface area contributed by atoms with Gasteiger partial charge in [0.05, 0.1) is 6.10 Å². The van der Waals surface area contributed by atoms with Crippen LogP contribution < -0.4 is 10.6 Å². The predicted molar refractivity (Wildman–Crippen MR) is 155 cm³/mol. The van der Waals surface area contributed by atoms with Crippen molar-refractivity contribution >= 4 is 5.71 Å². The molecule has 0 radical (unpaired) electrons. The Kier molecular flexibility index (Phi) is 15.3. The first-order chi connectivity index (χ1) is 17.7. The van der Waals surface area contributed by atoms with Gasteiger partial charge in [-0.05, 0) is 77.8 Å². The second kappa shape index (κ2) is 16.4. The van der Waals surface area contributed by atoms with Gasteiger partial charge in [0.2, 0.25) is 0 Å². The fourth-order valence-electron chi connectivity index (χ4n) is 5.14. The number of piperidine rings is 1. The Morgan fingerprint density at radius 3 is 2.21 bits per heavy atom. The Balaban J connectivity index is 0.00000208. The second-order valence-corrected chi connectivity index (χ2v) is 10.7. The average Bonchev–Trinajstić information content (AvgIpc) is 2.81. The summed E-state index contributed by atoms with van der Waals surface area (Å²) in [6, 6.07) is 0.526. The molecular formula is C30H47F3N4O. The summed E-state index contributed by atoms with van der Waals surface area (Å²) in [5.41, 5.74) is 4.15. The zero-order valence-electron chi connectivity index (χ0n) is 24.2. The number of hydrogen-bond donors (Lipinski definition) is 3. The minimum Gasteiger partial charge on any atom is -0.391 e. The van der Waals surface area contributed by atoms with E-state index in [1.807, 2.05) is 32.2 Å². The van der Waals surface area contributed by atoms with E-state index in [4.69, 9.17) is 0 Å². The summed E-state index contributed by atoms with van der Waals surface area (Å²) < 4.78 is 29.0. The van der Waals surface area contributed by atoms with Gasteiger partial charge in [0.15, 0.2) is 0 Å². The molecule has 1 fully saturated rings. The number of halogens is 3. The van der Waals surface area contributed by atoms with Crippen LogP contribution in [0.15, 0.2) is 64.9 Å². The van der Waals surface area contributed by atoms with Crippen LogP contribution in [0.4, 0.5) is 13.2 Å². The minimum atomic E-state index is -3.67. The number of allylic oxidation sites excluding steroid dienone is 6. The van der Waals surface area contributed by atoms with Gasteiger partial charge in [0.1, 0.15) is 0 Å². The normalized spacial score (nSPS) is 23.6. The van der Waals surface area contributed by atoms with E-state index < -0.39 is 12.8 Å². The molecule has 3 N–H and O–H groups in total. The summed E-state index contributed by atoms with van der Waals surface area (Å²) in [4.78, 5) is 6.91. The molecule has 1 heterocycles. The third-order valence-corrected chi connectivity index (χ3v) is 6.57. The van der Waals surface area contributed by atoms with Crippen molar-refractivity contribution in [3.63, 3.8) is 0 Å². The zero-order chi connectivity index (χ0) is 29.7. The first-order valence-electron chi connectivity index (χ1n) is 12.6. The van der Waals surface area contributed by atoms with Gasteiger partial charge in [0, 0.05) is 55.1 Å². The third-order valence-electron chi connectivity index (χ3n) is 6.57. The Morgan fingerprint density at radius 2 is 1.79 bits per heavy atom. The highest BCUT2D eigenvalue weighted by Gasteiger charge is 2.38. The molecule has 8 heteroatoms. The third kappa shape index (κ3) is 11.8. The quantitative estimate of drug-likeness (QED) is 0.220. The highest BCUT2D eigenvalue weighted by atomic mass is 19.4. The second-order valence-electron chi connectivity index (χ2n) is 10.7. The fraction of sp³-hybridized carbons (Fsp3) is 0.567. The van der Waals surface area contributed by atoms with Gasteiger partial charge < -0.3 is 15.7 Å². The van der Waals surface area contributed by atoms with Gasteiger partial charge in [0.25, 0.3) is 0 Å². The Bertz CT molecular complexity index is 910. The molecule has 1 unspecified atom stereocenters. The fourth-order valence-corrected chi connectivity index (χ4v) is 5.14. The van der Waals surface area contributed by atoms with E-state index in [2.05, 4.69) is 92.9 Å². The number of aliphatic hydroxyl groups excluding tert-OH is 1. The van der Waals surface area contributed by atoms with Crippen molar-refractivity contribution in [3.8, 4) is 12.8 Å². The molecule has 214 valence electrons. The molecule has 38 heavy (non-hydrogen) atoms. The maximum Gasteiger partial charge on any atom is 0.379 e. The molecule has 0 aromatic rings. The number of aliphatic imine (C=N–C) groups is 1. The molecule has 0 saturated carbocycles. The van der Waals surface area contributed by atoms with Gasteiger partial charge in [-0.2, -0.15) is 13.2 Å². The lowest BCUT2D eigenvalue weighted by atomic mass is 9.79. The molecule has 1 aliphatic heterocycles. The Morgan fingerprint density at radius 1 is 1.26 bits per heavy atom. The molecule has 1 aliphatic carbocycles. The van der Waals surface area contributed by atoms with Crippen molar-refractivity contribution in [2.24, 2.45) is 10.9 Å². The van der Waals surface area contributed by atoms with Crippen molar-refractivity contribution in [2.45, 2.75) is 77.4 Å². The number of likely N-dealkylation sites (N-methyl/N-ethyl adjacent to an activating group) is 1. The van der Waals surface area contributed by atoms with Gasteiger partial charge in [-0.1, -0.05) is 30.9 Å². The Hall–Kier alpha value is -2.60. The molecule has 1 saturated heterocycles. The van der Waals surface area contributed by atoms with Crippen LogP contribution in [0.3, 0.4) is 0 Å². The molecule has 5 nitrogen and oxygen atoms in total. The van der Waals surface area contributed by atoms with Gasteiger partial charge in [-0.25, -0.2) is 0 Å². The summed E-state index contributed by atoms with van der Waals surface area (Å²) >= 11 is 0. The smallest absolute Gasteiger partial charge is 0.379 e. The summed E-state index contributed by atoms with van der Waals surface area (Å²) in [6.07, 6.45) is 21.7. The molecule has 2 atom stereocenters. The molecule has 2 rings (SSSR count). The summed E-state index contributed by atoms with van der Waals surface area (Å²) in [5.74, 6) is -0.150. The van der Waals surface area contributed by atoms with Crippen LogP contribution in [0.25, 0.3) is 0 Å². The van der Waals surface area contributed by atoms with E-state index in [9.17, 15) is 18.3 Å². The highest BCUT2D eigenvalue weighted by molar-refractivity contribution is 5.98. The number of alkyl halides is 3. The van der Waals surface area contributed by atoms with E-state index in [0.717, 1.165) is 41.9 Å². The van der Waals surface area contributed by atoms with Crippen molar-refractivity contribution in [3.05, 3.63) is 59.9 Å². The topological polar surface area (TPSA) is 59.9 Å². The van der Waals surface area contributed by atoms with Gasteiger partial charge >= 0.3 is 6.68 Å². The lowest BCUT2D eigenvalue weighted by Crippen LogP contribution is -2.61. The van der Waals surface area contributed by atoms with Crippen LogP contribution in [0, 0.1) is 18.8 Å². The lowest BCUT2D eigenvalue weighted by Gasteiger charge is -2.49. The Labute approximate surface area is 228 Å².